The predicted molar refractivity (Wildman–Crippen MR) is 105 cm³/mol. The molecular weight excluding hydrogens is 348 g/mol. The van der Waals surface area contributed by atoms with Gasteiger partial charge in [-0.3, -0.25) is 4.79 Å². The summed E-state index contributed by atoms with van der Waals surface area (Å²) in [6.07, 6.45) is 11.4. The van der Waals surface area contributed by atoms with Crippen molar-refractivity contribution in [2.75, 3.05) is 11.9 Å². The first kappa shape index (κ1) is 18.6. The number of benzene rings is 1. The Morgan fingerprint density at radius 2 is 1.92 bits per heavy atom. The summed E-state index contributed by atoms with van der Waals surface area (Å²) < 4.78 is 0. The van der Waals surface area contributed by atoms with Crippen LogP contribution >= 0.6 is 11.6 Å². The van der Waals surface area contributed by atoms with E-state index in [0.29, 0.717) is 23.3 Å². The number of carbonyl (C=O) groups is 1. The number of halogens is 1. The molecule has 1 heterocycles. The summed E-state index contributed by atoms with van der Waals surface area (Å²) in [6.45, 7) is 0.531. The van der Waals surface area contributed by atoms with Crippen molar-refractivity contribution in [1.29, 1.82) is 0 Å². The van der Waals surface area contributed by atoms with Crippen LogP contribution in [0.2, 0.25) is 5.02 Å². The fourth-order valence-electron chi connectivity index (χ4n) is 3.26. The molecule has 5 nitrogen and oxygen atoms in total. The van der Waals surface area contributed by atoms with E-state index in [4.69, 9.17) is 11.6 Å². The van der Waals surface area contributed by atoms with Crippen LogP contribution in [0, 0.1) is 0 Å². The fraction of sp³-hybridized carbons (Fsp3) is 0.450. The topological polar surface area (TPSA) is 66.9 Å². The third kappa shape index (κ3) is 5.70. The number of hydrogen-bond acceptors (Lipinski definition) is 4. The Morgan fingerprint density at radius 1 is 1.12 bits per heavy atom. The number of aromatic nitrogens is 2. The van der Waals surface area contributed by atoms with E-state index in [-0.39, 0.29) is 5.91 Å². The second kappa shape index (κ2) is 9.53. The summed E-state index contributed by atoms with van der Waals surface area (Å²) in [5, 5.41) is 7.02. The summed E-state index contributed by atoms with van der Waals surface area (Å²) >= 11 is 5.96. The predicted octanol–water partition coefficient (Wildman–Crippen LogP) is 4.24. The lowest BCUT2D eigenvalue weighted by Crippen LogP contribution is -2.27. The highest BCUT2D eigenvalue weighted by molar-refractivity contribution is 6.30. The van der Waals surface area contributed by atoms with Gasteiger partial charge >= 0.3 is 0 Å². The van der Waals surface area contributed by atoms with Crippen molar-refractivity contribution in [3.8, 4) is 0 Å². The molecule has 1 aliphatic rings. The molecule has 1 aromatic carbocycles. The Hall–Kier alpha value is -2.14. The van der Waals surface area contributed by atoms with Crippen LogP contribution in [0.25, 0.3) is 0 Å². The van der Waals surface area contributed by atoms with Gasteiger partial charge in [0.05, 0.1) is 12.4 Å². The third-order valence-corrected chi connectivity index (χ3v) is 4.92. The zero-order chi connectivity index (χ0) is 18.2. The molecule has 0 aliphatic heterocycles. The van der Waals surface area contributed by atoms with E-state index in [1.54, 1.807) is 6.20 Å². The van der Waals surface area contributed by atoms with Crippen LogP contribution in [0.15, 0.2) is 36.7 Å². The smallest absolute Gasteiger partial charge is 0.271 e. The molecule has 0 saturated heterocycles. The Labute approximate surface area is 159 Å². The standard InChI is InChI=1S/C20H25ClN4O/c21-16-7-5-6-15(12-16)10-11-22-20(26)18-13-24-19(14-23-18)25-17-8-3-1-2-4-9-17/h5-7,12-14,17H,1-4,8-11H2,(H,22,26)(H,24,25). The summed E-state index contributed by atoms with van der Waals surface area (Å²) in [6, 6.07) is 8.10. The molecule has 6 heteroatoms. The number of rotatable bonds is 6. The summed E-state index contributed by atoms with van der Waals surface area (Å²) in [4.78, 5) is 20.8. The molecule has 1 fully saturated rings. The molecule has 26 heavy (non-hydrogen) atoms. The van der Waals surface area contributed by atoms with Crippen molar-refractivity contribution in [2.45, 2.75) is 51.0 Å². The second-order valence-corrected chi connectivity index (χ2v) is 7.19. The molecule has 2 N–H and O–H groups in total. The van der Waals surface area contributed by atoms with Crippen molar-refractivity contribution in [1.82, 2.24) is 15.3 Å². The molecule has 0 radical (unpaired) electrons. The Morgan fingerprint density at radius 3 is 2.62 bits per heavy atom. The van der Waals surface area contributed by atoms with Crippen molar-refractivity contribution >= 4 is 23.3 Å². The van der Waals surface area contributed by atoms with Crippen LogP contribution < -0.4 is 10.6 Å². The quantitative estimate of drug-likeness (QED) is 0.744. The maximum absolute atomic E-state index is 12.2. The van der Waals surface area contributed by atoms with E-state index < -0.39 is 0 Å². The number of carbonyl (C=O) groups excluding carboxylic acids is 1. The van der Waals surface area contributed by atoms with Crippen LogP contribution in [0.5, 0.6) is 0 Å². The van der Waals surface area contributed by atoms with E-state index in [9.17, 15) is 4.79 Å². The molecule has 1 aliphatic carbocycles. The number of nitrogens with zero attached hydrogens (tertiary/aromatic N) is 2. The third-order valence-electron chi connectivity index (χ3n) is 4.68. The molecule has 0 atom stereocenters. The highest BCUT2D eigenvalue weighted by Crippen LogP contribution is 2.20. The average molecular weight is 373 g/mol. The molecule has 1 aromatic heterocycles. The van der Waals surface area contributed by atoms with E-state index in [1.165, 1.54) is 44.7 Å². The lowest BCUT2D eigenvalue weighted by atomic mass is 10.1. The molecule has 0 bridgehead atoms. The first-order chi connectivity index (χ1) is 12.7. The van der Waals surface area contributed by atoms with Crippen LogP contribution in [0.3, 0.4) is 0 Å². The SMILES string of the molecule is O=C(NCCc1cccc(Cl)c1)c1cnc(NC2CCCCCC2)cn1. The molecule has 2 aromatic rings. The molecule has 0 spiro atoms. The molecule has 1 saturated carbocycles. The summed E-state index contributed by atoms with van der Waals surface area (Å²) in [5.41, 5.74) is 1.43. The van der Waals surface area contributed by atoms with Crippen molar-refractivity contribution in [3.63, 3.8) is 0 Å². The van der Waals surface area contributed by atoms with Crippen LogP contribution in [0.4, 0.5) is 5.82 Å². The normalized spacial score (nSPS) is 15.3. The molecular formula is C20H25ClN4O. The maximum atomic E-state index is 12.2. The zero-order valence-electron chi connectivity index (χ0n) is 14.9. The number of nitrogens with one attached hydrogen (secondary N) is 2. The first-order valence-corrected chi connectivity index (χ1v) is 9.70. The van der Waals surface area contributed by atoms with Gasteiger partial charge in [-0.15, -0.1) is 0 Å². The summed E-state index contributed by atoms with van der Waals surface area (Å²) in [5.74, 6) is 0.535. The van der Waals surface area contributed by atoms with Crippen molar-refractivity contribution < 1.29 is 4.79 Å². The van der Waals surface area contributed by atoms with Crippen LogP contribution in [-0.4, -0.2) is 28.5 Å². The zero-order valence-corrected chi connectivity index (χ0v) is 15.6. The molecule has 1 amide bonds. The lowest BCUT2D eigenvalue weighted by Gasteiger charge is -2.16. The van der Waals surface area contributed by atoms with Gasteiger partial charge in [-0.1, -0.05) is 49.4 Å². The number of hydrogen-bond donors (Lipinski definition) is 2. The van der Waals surface area contributed by atoms with Gasteiger partial charge in [0.25, 0.3) is 5.91 Å². The minimum absolute atomic E-state index is 0.208. The van der Waals surface area contributed by atoms with E-state index >= 15 is 0 Å². The molecule has 0 unspecified atom stereocenters. The van der Waals surface area contributed by atoms with Gasteiger partial charge < -0.3 is 10.6 Å². The largest absolute Gasteiger partial charge is 0.366 e. The van der Waals surface area contributed by atoms with E-state index in [2.05, 4.69) is 20.6 Å². The van der Waals surface area contributed by atoms with Gasteiger partial charge in [0.15, 0.2) is 0 Å². The van der Waals surface area contributed by atoms with Gasteiger partial charge in [-0.05, 0) is 37.0 Å². The van der Waals surface area contributed by atoms with Gasteiger partial charge in [0, 0.05) is 17.6 Å². The van der Waals surface area contributed by atoms with Gasteiger partial charge in [-0.2, -0.15) is 0 Å². The van der Waals surface area contributed by atoms with Crippen molar-refractivity contribution in [2.24, 2.45) is 0 Å². The average Bonchev–Trinajstić information content (AvgIpc) is 2.91. The minimum atomic E-state index is -0.208. The van der Waals surface area contributed by atoms with Crippen LogP contribution in [-0.2, 0) is 6.42 Å². The van der Waals surface area contributed by atoms with Crippen molar-refractivity contribution in [3.05, 3.63) is 52.9 Å². The highest BCUT2D eigenvalue weighted by atomic mass is 35.5. The Balaban J connectivity index is 1.47. The van der Waals surface area contributed by atoms with Gasteiger partial charge in [-0.25, -0.2) is 9.97 Å². The fourth-order valence-corrected chi connectivity index (χ4v) is 3.47. The molecule has 138 valence electrons. The monoisotopic (exact) mass is 372 g/mol. The lowest BCUT2D eigenvalue weighted by molar-refractivity contribution is 0.0949. The van der Waals surface area contributed by atoms with E-state index in [0.717, 1.165) is 17.8 Å². The van der Waals surface area contributed by atoms with Crippen LogP contribution in [0.1, 0.15) is 54.6 Å². The Bertz CT molecular complexity index is 712. The van der Waals surface area contributed by atoms with E-state index in [1.807, 2.05) is 24.3 Å². The summed E-state index contributed by atoms with van der Waals surface area (Å²) in [7, 11) is 0. The first-order valence-electron chi connectivity index (χ1n) is 9.32. The second-order valence-electron chi connectivity index (χ2n) is 6.76. The highest BCUT2D eigenvalue weighted by Gasteiger charge is 2.13. The van der Waals surface area contributed by atoms with Gasteiger partial charge in [0.1, 0.15) is 11.5 Å². The minimum Gasteiger partial charge on any atom is -0.366 e. The van der Waals surface area contributed by atoms with Gasteiger partial charge in [0.2, 0.25) is 0 Å². The maximum Gasteiger partial charge on any atom is 0.271 e. The number of anilines is 1. The molecule has 3 rings (SSSR count). The number of amides is 1. The Kier molecular flexibility index (Phi) is 6.83.